The molecule has 1 N–H and O–H groups in total. The summed E-state index contributed by atoms with van der Waals surface area (Å²) in [6.07, 6.45) is 3.81. The van der Waals surface area contributed by atoms with Gasteiger partial charge in [-0.15, -0.1) is 0 Å². The Balaban J connectivity index is 1.46. The lowest BCUT2D eigenvalue weighted by atomic mass is 9.86. The van der Waals surface area contributed by atoms with Crippen LogP contribution < -0.4 is 0 Å². The van der Waals surface area contributed by atoms with Gasteiger partial charge in [0.15, 0.2) is 5.78 Å². The van der Waals surface area contributed by atoms with E-state index in [1.54, 1.807) is 12.3 Å². The summed E-state index contributed by atoms with van der Waals surface area (Å²) in [6, 6.07) is 3.62. The van der Waals surface area contributed by atoms with Crippen LogP contribution in [0.4, 0.5) is 0 Å². The quantitative estimate of drug-likeness (QED) is 0.758. The van der Waals surface area contributed by atoms with Gasteiger partial charge in [0.1, 0.15) is 11.5 Å². The number of nitrogens with zero attached hydrogens (tertiary/aromatic N) is 3. The van der Waals surface area contributed by atoms with Crippen LogP contribution in [-0.2, 0) is 9.59 Å². The highest BCUT2D eigenvalue weighted by atomic mass is 16.3. The van der Waals surface area contributed by atoms with Crippen molar-refractivity contribution in [2.75, 3.05) is 39.3 Å². The molecule has 1 amide bonds. The summed E-state index contributed by atoms with van der Waals surface area (Å²) in [5.74, 6) is 0.855. The zero-order chi connectivity index (χ0) is 20.1. The molecule has 2 aliphatic rings. The van der Waals surface area contributed by atoms with Crippen molar-refractivity contribution < 1.29 is 19.1 Å². The molecule has 1 aromatic heterocycles. The molecule has 28 heavy (non-hydrogen) atoms. The van der Waals surface area contributed by atoms with E-state index in [-0.39, 0.29) is 29.3 Å². The Morgan fingerprint density at radius 2 is 2.07 bits per heavy atom. The van der Waals surface area contributed by atoms with Crippen LogP contribution in [-0.4, -0.2) is 72.1 Å². The number of Topliss-reactive ketones (excluding diaryl/α,β-unsaturated/α-hetero) is 1. The summed E-state index contributed by atoms with van der Waals surface area (Å²) in [5, 5.41) is 10.3. The lowest BCUT2D eigenvalue weighted by molar-refractivity contribution is -0.136. The van der Waals surface area contributed by atoms with Crippen molar-refractivity contribution >= 4 is 17.9 Å². The minimum absolute atomic E-state index is 0.0394. The van der Waals surface area contributed by atoms with Gasteiger partial charge in [-0.25, -0.2) is 0 Å². The molecular weight excluding hydrogens is 358 g/mol. The number of aliphatic imine (C=N–C) groups is 1. The fourth-order valence-corrected chi connectivity index (χ4v) is 3.69. The normalized spacial score (nSPS) is 21.9. The smallest absolute Gasteiger partial charge is 0.225 e. The number of hydrogen-bond acceptors (Lipinski definition) is 6. The van der Waals surface area contributed by atoms with Gasteiger partial charge in [-0.2, -0.15) is 0 Å². The second-order valence-corrected chi connectivity index (χ2v) is 7.76. The van der Waals surface area contributed by atoms with E-state index in [0.29, 0.717) is 25.0 Å². The highest BCUT2D eigenvalue weighted by Gasteiger charge is 2.29. The van der Waals surface area contributed by atoms with Crippen LogP contribution in [0.1, 0.15) is 38.4 Å². The number of allylic oxidation sites excluding steroid dienone is 2. The zero-order valence-corrected chi connectivity index (χ0v) is 16.6. The van der Waals surface area contributed by atoms with E-state index in [1.165, 1.54) is 6.21 Å². The summed E-state index contributed by atoms with van der Waals surface area (Å²) >= 11 is 0. The van der Waals surface area contributed by atoms with Gasteiger partial charge in [0.05, 0.1) is 18.4 Å². The van der Waals surface area contributed by atoms with E-state index in [1.807, 2.05) is 24.8 Å². The minimum Gasteiger partial charge on any atom is -0.511 e. The Kier molecular flexibility index (Phi) is 6.67. The molecule has 1 unspecified atom stereocenters. The van der Waals surface area contributed by atoms with Crippen LogP contribution in [0.3, 0.4) is 0 Å². The molecule has 0 spiro atoms. The lowest BCUT2D eigenvalue weighted by Gasteiger charge is -2.35. The van der Waals surface area contributed by atoms with Crippen molar-refractivity contribution in [1.29, 1.82) is 0 Å². The highest BCUT2D eigenvalue weighted by Crippen LogP contribution is 2.33. The topological polar surface area (TPSA) is 86.3 Å². The Morgan fingerprint density at radius 1 is 1.32 bits per heavy atom. The number of carbonyl (C=O) groups is 2. The zero-order valence-electron chi connectivity index (χ0n) is 16.6. The molecule has 0 aromatic carbocycles. The Hall–Kier alpha value is -2.41. The number of ketones is 1. The SMILES string of the molecule is CC(C)C(=O)N1CCN(CCN=CC2=C(O)CC(c3ccco3)CC2=O)CC1. The van der Waals surface area contributed by atoms with Gasteiger partial charge >= 0.3 is 0 Å². The first kappa shape index (κ1) is 20.3. The van der Waals surface area contributed by atoms with Crippen molar-refractivity contribution in [3.8, 4) is 0 Å². The fraction of sp³-hybridized carbons (Fsp3) is 0.571. The third-order valence-electron chi connectivity index (χ3n) is 5.37. The van der Waals surface area contributed by atoms with Crippen molar-refractivity contribution in [3.05, 3.63) is 35.5 Å². The summed E-state index contributed by atoms with van der Waals surface area (Å²) in [6.45, 7) is 8.37. The van der Waals surface area contributed by atoms with Gasteiger partial charge in [0.2, 0.25) is 5.91 Å². The van der Waals surface area contributed by atoms with E-state index >= 15 is 0 Å². The summed E-state index contributed by atoms with van der Waals surface area (Å²) in [7, 11) is 0. The van der Waals surface area contributed by atoms with E-state index in [4.69, 9.17) is 4.42 Å². The van der Waals surface area contributed by atoms with Crippen LogP contribution in [0, 0.1) is 5.92 Å². The van der Waals surface area contributed by atoms with Crippen LogP contribution in [0.25, 0.3) is 0 Å². The molecule has 152 valence electrons. The largest absolute Gasteiger partial charge is 0.511 e. The van der Waals surface area contributed by atoms with E-state index in [2.05, 4.69) is 9.89 Å². The van der Waals surface area contributed by atoms with Crippen LogP contribution in [0.15, 0.2) is 39.1 Å². The number of piperazine rings is 1. The molecule has 0 saturated carbocycles. The van der Waals surface area contributed by atoms with Gasteiger partial charge in [-0.05, 0) is 12.1 Å². The van der Waals surface area contributed by atoms with E-state index in [0.717, 1.165) is 38.5 Å². The van der Waals surface area contributed by atoms with E-state index in [9.17, 15) is 14.7 Å². The maximum atomic E-state index is 12.4. The molecule has 1 saturated heterocycles. The van der Waals surface area contributed by atoms with Gasteiger partial charge in [0, 0.05) is 63.6 Å². The number of aliphatic hydroxyl groups is 1. The molecule has 1 aromatic rings. The molecule has 1 fully saturated rings. The Labute approximate surface area is 165 Å². The molecular formula is C21H29N3O4. The maximum absolute atomic E-state index is 12.4. The molecule has 1 aliphatic heterocycles. The summed E-state index contributed by atoms with van der Waals surface area (Å²) in [4.78, 5) is 32.9. The number of aliphatic hydroxyl groups excluding tert-OH is 1. The first-order chi connectivity index (χ1) is 13.5. The van der Waals surface area contributed by atoms with Gasteiger partial charge < -0.3 is 14.4 Å². The second kappa shape index (κ2) is 9.19. The number of amides is 1. The number of hydrogen-bond donors (Lipinski definition) is 1. The minimum atomic E-state index is -0.107. The van der Waals surface area contributed by atoms with Crippen LogP contribution in [0.5, 0.6) is 0 Å². The van der Waals surface area contributed by atoms with Gasteiger partial charge in [-0.3, -0.25) is 19.5 Å². The van der Waals surface area contributed by atoms with Crippen molar-refractivity contribution in [2.45, 2.75) is 32.6 Å². The fourth-order valence-electron chi connectivity index (χ4n) is 3.69. The standard InChI is InChI=1S/C21H29N3O4/c1-15(2)21(27)24-9-7-23(8-10-24)6-5-22-14-17-18(25)12-16(13-19(17)26)20-4-3-11-28-20/h3-4,11,14-16,25H,5-10,12-13H2,1-2H3. The molecule has 7 nitrogen and oxygen atoms in total. The predicted molar refractivity (Wildman–Crippen MR) is 107 cm³/mol. The molecule has 3 rings (SSSR count). The van der Waals surface area contributed by atoms with Crippen LogP contribution in [0.2, 0.25) is 0 Å². The third-order valence-corrected chi connectivity index (χ3v) is 5.37. The Morgan fingerprint density at radius 3 is 2.68 bits per heavy atom. The summed E-state index contributed by atoms with van der Waals surface area (Å²) in [5.41, 5.74) is 0.315. The molecule has 1 aliphatic carbocycles. The maximum Gasteiger partial charge on any atom is 0.225 e. The molecule has 7 heteroatoms. The van der Waals surface area contributed by atoms with Crippen molar-refractivity contribution in [2.24, 2.45) is 10.9 Å². The molecule has 1 atom stereocenters. The lowest BCUT2D eigenvalue weighted by Crippen LogP contribution is -2.50. The number of carbonyl (C=O) groups excluding carboxylic acids is 2. The van der Waals surface area contributed by atoms with Gasteiger partial charge in [0.25, 0.3) is 0 Å². The second-order valence-electron chi connectivity index (χ2n) is 7.76. The predicted octanol–water partition coefficient (Wildman–Crippen LogP) is 2.41. The molecule has 2 heterocycles. The third kappa shape index (κ3) is 4.90. The Bertz CT molecular complexity index is 744. The summed E-state index contributed by atoms with van der Waals surface area (Å²) < 4.78 is 5.36. The van der Waals surface area contributed by atoms with Crippen LogP contribution >= 0.6 is 0 Å². The average molecular weight is 387 g/mol. The van der Waals surface area contributed by atoms with Crippen molar-refractivity contribution in [1.82, 2.24) is 9.80 Å². The average Bonchev–Trinajstić information content (AvgIpc) is 3.21. The molecule has 0 radical (unpaired) electrons. The van der Waals surface area contributed by atoms with Crippen molar-refractivity contribution in [3.63, 3.8) is 0 Å². The first-order valence-electron chi connectivity index (χ1n) is 9.95. The molecule has 0 bridgehead atoms. The van der Waals surface area contributed by atoms with E-state index < -0.39 is 0 Å². The number of furan rings is 1. The first-order valence-corrected chi connectivity index (χ1v) is 9.95. The van der Waals surface area contributed by atoms with Gasteiger partial charge in [-0.1, -0.05) is 13.8 Å². The highest BCUT2D eigenvalue weighted by molar-refractivity contribution is 6.14. The number of rotatable bonds is 6. The monoisotopic (exact) mass is 387 g/mol.